The molecule has 0 aliphatic heterocycles. The van der Waals surface area contributed by atoms with Gasteiger partial charge in [-0.3, -0.25) is 14.4 Å². The summed E-state index contributed by atoms with van der Waals surface area (Å²) in [6.45, 7) is 0.240. The third-order valence-electron chi connectivity index (χ3n) is 6.35. The first kappa shape index (κ1) is 23.7. The van der Waals surface area contributed by atoms with Crippen molar-refractivity contribution in [2.75, 3.05) is 12.3 Å². The highest BCUT2D eigenvalue weighted by Crippen LogP contribution is 2.26. The minimum absolute atomic E-state index is 0.0613. The number of hydrogen-bond acceptors (Lipinski definition) is 7. The molecule has 4 N–H and O–H groups in total. The van der Waals surface area contributed by atoms with Crippen LogP contribution >= 0.6 is 22.9 Å². The monoisotopic (exact) mass is 489 g/mol. The average molecular weight is 490 g/mol. The van der Waals surface area contributed by atoms with Gasteiger partial charge in [-0.2, -0.15) is 4.37 Å². The van der Waals surface area contributed by atoms with Crippen LogP contribution in [0.4, 0.5) is 5.69 Å². The Kier molecular flexibility index (Phi) is 7.97. The number of nitrogen functional groups attached to an aromatic ring is 1. The summed E-state index contributed by atoms with van der Waals surface area (Å²) in [6.07, 6.45) is 9.48. The van der Waals surface area contributed by atoms with Gasteiger partial charge in [0, 0.05) is 17.0 Å². The first-order valence-corrected chi connectivity index (χ1v) is 13.3. The molecule has 33 heavy (non-hydrogen) atoms. The van der Waals surface area contributed by atoms with E-state index in [9.17, 15) is 14.4 Å². The topological polar surface area (TPSA) is 117 Å². The maximum Gasteiger partial charge on any atom is 0.273 e. The molecule has 0 atom stereocenters. The lowest BCUT2D eigenvalue weighted by atomic mass is 9.95. The number of anilines is 1. The quantitative estimate of drug-likeness (QED) is 0.524. The minimum Gasteiger partial charge on any atom is -0.395 e. The van der Waals surface area contributed by atoms with Crippen LogP contribution in [0.2, 0.25) is 0 Å². The number of nitrogens with two attached hydrogens (primary N) is 1. The number of carbonyl (C=O) groups is 3. The van der Waals surface area contributed by atoms with Gasteiger partial charge in [-0.1, -0.05) is 38.2 Å². The molecule has 2 aliphatic rings. The molecule has 0 radical (unpaired) electrons. The molecule has 2 fully saturated rings. The van der Waals surface area contributed by atoms with Gasteiger partial charge in [0.05, 0.1) is 12.2 Å². The van der Waals surface area contributed by atoms with E-state index >= 15 is 0 Å². The summed E-state index contributed by atoms with van der Waals surface area (Å²) >= 11 is 2.44. The number of hydrogen-bond donors (Lipinski definition) is 3. The highest BCUT2D eigenvalue weighted by atomic mass is 32.1. The fraction of sp³-hybridized carbons (Fsp3) is 0.565. The summed E-state index contributed by atoms with van der Waals surface area (Å²) in [5.74, 6) is -0.889. The van der Waals surface area contributed by atoms with Crippen LogP contribution in [-0.2, 0) is 11.3 Å². The van der Waals surface area contributed by atoms with E-state index in [1.54, 1.807) is 0 Å². The van der Waals surface area contributed by atoms with Crippen molar-refractivity contribution in [2.45, 2.75) is 76.4 Å². The summed E-state index contributed by atoms with van der Waals surface area (Å²) in [7, 11) is 0. The number of nitrogens with zero attached hydrogens (tertiary/aromatic N) is 2. The molecule has 0 unspecified atom stereocenters. The largest absolute Gasteiger partial charge is 0.395 e. The van der Waals surface area contributed by atoms with E-state index in [0.29, 0.717) is 6.54 Å². The van der Waals surface area contributed by atoms with E-state index in [2.05, 4.69) is 15.0 Å². The summed E-state index contributed by atoms with van der Waals surface area (Å²) in [6, 6.07) is 4.15. The van der Waals surface area contributed by atoms with Crippen LogP contribution in [0, 0.1) is 0 Å². The smallest absolute Gasteiger partial charge is 0.273 e. The molecule has 3 amide bonds. The fourth-order valence-electron chi connectivity index (χ4n) is 4.57. The van der Waals surface area contributed by atoms with Gasteiger partial charge in [0.1, 0.15) is 11.4 Å². The Morgan fingerprint density at radius 3 is 2.36 bits per heavy atom. The zero-order chi connectivity index (χ0) is 23.2. The molecule has 2 aliphatic carbocycles. The zero-order valence-electron chi connectivity index (χ0n) is 18.7. The molecule has 0 bridgehead atoms. The lowest BCUT2D eigenvalue weighted by Crippen LogP contribution is -2.43. The van der Waals surface area contributed by atoms with Crippen LogP contribution in [0.15, 0.2) is 17.5 Å². The van der Waals surface area contributed by atoms with Gasteiger partial charge >= 0.3 is 0 Å². The number of amides is 3. The predicted molar refractivity (Wildman–Crippen MR) is 130 cm³/mol. The molecule has 0 spiro atoms. The third-order valence-corrected chi connectivity index (χ3v) is 8.06. The Labute approximate surface area is 202 Å². The van der Waals surface area contributed by atoms with Crippen molar-refractivity contribution < 1.29 is 14.4 Å². The van der Waals surface area contributed by atoms with E-state index in [0.717, 1.165) is 67.8 Å². The molecule has 2 saturated carbocycles. The lowest BCUT2D eigenvalue weighted by Gasteiger charge is -2.23. The zero-order valence-corrected chi connectivity index (χ0v) is 20.3. The third kappa shape index (κ3) is 6.11. The number of aromatic nitrogens is 1. The van der Waals surface area contributed by atoms with Crippen LogP contribution in [0.3, 0.4) is 0 Å². The summed E-state index contributed by atoms with van der Waals surface area (Å²) in [5.41, 5.74) is 6.41. The number of carbonyl (C=O) groups excluding carboxylic acids is 3. The molecule has 2 aromatic rings. The molecular weight excluding hydrogens is 458 g/mol. The van der Waals surface area contributed by atoms with E-state index in [1.165, 1.54) is 22.7 Å². The Balaban J connectivity index is 1.46. The summed E-state index contributed by atoms with van der Waals surface area (Å²) in [5, 5.41) is 7.98. The van der Waals surface area contributed by atoms with Gasteiger partial charge < -0.3 is 21.3 Å². The van der Waals surface area contributed by atoms with E-state index < -0.39 is 0 Å². The summed E-state index contributed by atoms with van der Waals surface area (Å²) in [4.78, 5) is 41.5. The minimum atomic E-state index is -0.378. The van der Waals surface area contributed by atoms with Gasteiger partial charge in [0.15, 0.2) is 5.69 Å². The van der Waals surface area contributed by atoms with Crippen LogP contribution in [-0.4, -0.2) is 45.6 Å². The molecule has 8 nitrogen and oxygen atoms in total. The maximum atomic E-state index is 13.4. The summed E-state index contributed by atoms with van der Waals surface area (Å²) < 4.78 is 4.20. The second kappa shape index (κ2) is 11.1. The molecule has 10 heteroatoms. The van der Waals surface area contributed by atoms with Gasteiger partial charge in [0.2, 0.25) is 5.91 Å². The van der Waals surface area contributed by atoms with Gasteiger partial charge in [0.25, 0.3) is 11.8 Å². The number of nitrogens with one attached hydrogen (secondary N) is 2. The Hall–Kier alpha value is -2.46. The van der Waals surface area contributed by atoms with Crippen LogP contribution in [0.5, 0.6) is 0 Å². The van der Waals surface area contributed by atoms with Crippen LogP contribution in [0.25, 0.3) is 0 Å². The Morgan fingerprint density at radius 2 is 1.70 bits per heavy atom. The van der Waals surface area contributed by atoms with Crippen molar-refractivity contribution in [2.24, 2.45) is 0 Å². The molecule has 178 valence electrons. The van der Waals surface area contributed by atoms with Crippen LogP contribution in [0.1, 0.15) is 82.8 Å². The molecular formula is C23H31N5O3S2. The predicted octanol–water partition coefficient (Wildman–Crippen LogP) is 3.55. The first-order valence-electron chi connectivity index (χ1n) is 11.7. The van der Waals surface area contributed by atoms with E-state index in [4.69, 9.17) is 5.73 Å². The van der Waals surface area contributed by atoms with Gasteiger partial charge in [-0.25, -0.2) is 0 Å². The van der Waals surface area contributed by atoms with Crippen molar-refractivity contribution in [1.82, 2.24) is 19.9 Å². The molecule has 0 aromatic carbocycles. The Bertz CT molecular complexity index is 963. The van der Waals surface area contributed by atoms with E-state index in [1.807, 2.05) is 17.5 Å². The van der Waals surface area contributed by atoms with Crippen LogP contribution < -0.4 is 16.4 Å². The standard InChI is InChI=1S/C23H31N5O3S2/c24-19-20(22(30)26-16-7-2-1-3-8-16)27-33-21(19)23(31)28(13-17-11-6-12-32-17)14-18(29)25-15-9-4-5-10-15/h6,11-12,15-16H,1-5,7-10,13-14,24H2,(H,25,29)(H,26,30). The van der Waals surface area contributed by atoms with Crippen molar-refractivity contribution in [3.8, 4) is 0 Å². The second-order valence-electron chi connectivity index (χ2n) is 8.87. The van der Waals surface area contributed by atoms with Crippen molar-refractivity contribution >= 4 is 46.3 Å². The van der Waals surface area contributed by atoms with Crippen molar-refractivity contribution in [3.63, 3.8) is 0 Å². The van der Waals surface area contributed by atoms with Crippen molar-refractivity contribution in [1.29, 1.82) is 0 Å². The van der Waals surface area contributed by atoms with Gasteiger partial charge in [-0.15, -0.1) is 11.3 Å². The SMILES string of the molecule is Nc1c(C(=O)NC2CCCCC2)nsc1C(=O)N(CC(=O)NC1CCCC1)Cc1cccs1. The molecule has 0 saturated heterocycles. The lowest BCUT2D eigenvalue weighted by molar-refractivity contribution is -0.122. The van der Waals surface area contributed by atoms with Crippen molar-refractivity contribution in [3.05, 3.63) is 33.0 Å². The first-order chi connectivity index (χ1) is 16.0. The number of rotatable bonds is 8. The average Bonchev–Trinajstić information content (AvgIpc) is 3.56. The highest BCUT2D eigenvalue weighted by molar-refractivity contribution is 7.10. The molecule has 2 heterocycles. The van der Waals surface area contributed by atoms with E-state index in [-0.39, 0.29) is 52.6 Å². The molecule has 4 rings (SSSR count). The second-order valence-corrected chi connectivity index (χ2v) is 10.7. The number of thiophene rings is 1. The fourth-order valence-corrected chi connectivity index (χ4v) is 6.05. The normalized spacial score (nSPS) is 17.1. The van der Waals surface area contributed by atoms with Gasteiger partial charge in [-0.05, 0) is 48.7 Å². The maximum absolute atomic E-state index is 13.4. The molecule has 2 aromatic heterocycles. The Morgan fingerprint density at radius 1 is 1.03 bits per heavy atom. The highest BCUT2D eigenvalue weighted by Gasteiger charge is 2.29.